The van der Waals surface area contributed by atoms with Gasteiger partial charge in [0.25, 0.3) is 0 Å². The Morgan fingerprint density at radius 3 is 2.16 bits per heavy atom. The average molecular weight is 502 g/mol. The lowest BCUT2D eigenvalue weighted by molar-refractivity contribution is -0.134. The van der Waals surface area contributed by atoms with Gasteiger partial charge in [0.15, 0.2) is 0 Å². The van der Waals surface area contributed by atoms with Crippen molar-refractivity contribution in [3.8, 4) is 16.9 Å². The van der Waals surface area contributed by atoms with E-state index in [2.05, 4.69) is 85.7 Å². The number of carboxylic acids is 2. The number of rotatable bonds is 9. The van der Waals surface area contributed by atoms with Gasteiger partial charge in [-0.15, -0.1) is 0 Å². The third-order valence-corrected chi connectivity index (χ3v) is 6.33. The van der Waals surface area contributed by atoms with E-state index in [1.807, 2.05) is 6.07 Å². The van der Waals surface area contributed by atoms with Crippen LogP contribution in [0.4, 0.5) is 0 Å². The second-order valence-electron chi connectivity index (χ2n) is 9.49. The van der Waals surface area contributed by atoms with E-state index >= 15 is 0 Å². The summed E-state index contributed by atoms with van der Waals surface area (Å²) in [6, 6.07) is 25.9. The number of carbonyl (C=O) groups is 2. The molecule has 37 heavy (non-hydrogen) atoms. The number of fused-ring (bicyclic) bond motifs is 1. The van der Waals surface area contributed by atoms with Crippen molar-refractivity contribution in [3.63, 3.8) is 0 Å². The van der Waals surface area contributed by atoms with Gasteiger partial charge in [-0.3, -0.25) is 0 Å². The predicted molar refractivity (Wildman–Crippen MR) is 146 cm³/mol. The fraction of sp³-hybridized carbons (Fsp3) is 0.290. The molecule has 6 nitrogen and oxygen atoms in total. The van der Waals surface area contributed by atoms with Crippen LogP contribution < -0.4 is 4.74 Å². The second kappa shape index (κ2) is 14.0. The maximum Gasteiger partial charge on any atom is 0.328 e. The van der Waals surface area contributed by atoms with Gasteiger partial charge in [0.1, 0.15) is 12.4 Å². The molecular formula is C31H35NO5. The topological polar surface area (TPSA) is 87.1 Å². The van der Waals surface area contributed by atoms with Crippen LogP contribution in [-0.4, -0.2) is 47.7 Å². The van der Waals surface area contributed by atoms with E-state index in [1.54, 1.807) is 0 Å². The number of hydrogen-bond donors (Lipinski definition) is 2. The molecule has 1 atom stereocenters. The number of nitrogens with zero attached hydrogens (tertiary/aromatic N) is 1. The summed E-state index contributed by atoms with van der Waals surface area (Å²) in [5.41, 5.74) is 6.68. The summed E-state index contributed by atoms with van der Waals surface area (Å²) in [5, 5.41) is 15.6. The fourth-order valence-corrected chi connectivity index (χ4v) is 4.32. The summed E-state index contributed by atoms with van der Waals surface area (Å²) in [6.45, 7) is 1.80. The molecular weight excluding hydrogens is 466 g/mol. The van der Waals surface area contributed by atoms with Gasteiger partial charge in [-0.2, -0.15) is 0 Å². The molecule has 0 aromatic heterocycles. The number of carboxylic acid groups (broad SMARTS) is 2. The van der Waals surface area contributed by atoms with Crippen molar-refractivity contribution in [2.24, 2.45) is 5.92 Å². The van der Waals surface area contributed by atoms with Gasteiger partial charge in [-0.25, -0.2) is 9.59 Å². The van der Waals surface area contributed by atoms with Crippen LogP contribution in [0.2, 0.25) is 0 Å². The van der Waals surface area contributed by atoms with Crippen molar-refractivity contribution in [2.45, 2.75) is 32.3 Å². The molecule has 0 radical (unpaired) electrons. The van der Waals surface area contributed by atoms with Crippen LogP contribution >= 0.6 is 0 Å². The fourth-order valence-electron chi connectivity index (χ4n) is 4.32. The van der Waals surface area contributed by atoms with Crippen LogP contribution in [0, 0.1) is 5.92 Å². The highest BCUT2D eigenvalue weighted by atomic mass is 16.5. The molecule has 0 fully saturated rings. The Morgan fingerprint density at radius 2 is 1.54 bits per heavy atom. The van der Waals surface area contributed by atoms with Crippen LogP contribution in [0.15, 0.2) is 84.9 Å². The molecule has 1 unspecified atom stereocenters. The maximum absolute atomic E-state index is 9.55. The molecule has 194 valence electrons. The third kappa shape index (κ3) is 9.58. The van der Waals surface area contributed by atoms with Crippen LogP contribution in [-0.2, 0) is 29.0 Å². The Bertz CT molecular complexity index is 1170. The van der Waals surface area contributed by atoms with E-state index in [-0.39, 0.29) is 0 Å². The van der Waals surface area contributed by atoms with Gasteiger partial charge in [0, 0.05) is 12.2 Å². The minimum absolute atomic E-state index is 0.558. The van der Waals surface area contributed by atoms with Crippen LogP contribution in [0.3, 0.4) is 0 Å². The molecule has 1 aliphatic rings. The zero-order valence-electron chi connectivity index (χ0n) is 21.5. The van der Waals surface area contributed by atoms with Crippen molar-refractivity contribution in [1.29, 1.82) is 0 Å². The Morgan fingerprint density at radius 1 is 0.892 bits per heavy atom. The van der Waals surface area contributed by atoms with Gasteiger partial charge in [-0.05, 0) is 92.2 Å². The normalized spacial score (nSPS) is 14.5. The molecule has 0 heterocycles. The number of benzene rings is 3. The smallest absolute Gasteiger partial charge is 0.328 e. The molecule has 0 aliphatic heterocycles. The predicted octanol–water partition coefficient (Wildman–Crippen LogP) is 5.70. The first-order chi connectivity index (χ1) is 17.8. The first-order valence-corrected chi connectivity index (χ1v) is 12.5. The van der Waals surface area contributed by atoms with Gasteiger partial charge in [-0.1, -0.05) is 60.7 Å². The molecule has 0 saturated heterocycles. The molecule has 0 amide bonds. The Labute approximate surface area is 218 Å². The highest BCUT2D eigenvalue weighted by molar-refractivity contribution is 5.89. The van der Waals surface area contributed by atoms with Crippen molar-refractivity contribution in [3.05, 3.63) is 102 Å². The molecule has 2 N–H and O–H groups in total. The molecule has 1 aliphatic carbocycles. The van der Waals surface area contributed by atoms with Crippen molar-refractivity contribution in [1.82, 2.24) is 4.90 Å². The SMILES string of the molecule is CN(C)CCC1CCc2cc(OCc3ccc(-c4ccccc4)cc3)ccc2C1.O=C(O)/C=C/C(=O)O. The molecule has 0 bridgehead atoms. The van der Waals surface area contributed by atoms with Gasteiger partial charge >= 0.3 is 11.9 Å². The van der Waals surface area contributed by atoms with E-state index in [4.69, 9.17) is 14.9 Å². The Hall–Kier alpha value is -3.90. The lowest BCUT2D eigenvalue weighted by atomic mass is 9.82. The van der Waals surface area contributed by atoms with Gasteiger partial charge in [0.05, 0.1) is 0 Å². The Balaban J connectivity index is 0.000000414. The first-order valence-electron chi connectivity index (χ1n) is 12.5. The average Bonchev–Trinajstić information content (AvgIpc) is 2.90. The molecule has 0 spiro atoms. The summed E-state index contributed by atoms with van der Waals surface area (Å²) in [4.78, 5) is 21.4. The third-order valence-electron chi connectivity index (χ3n) is 6.33. The summed E-state index contributed by atoms with van der Waals surface area (Å²) in [5.74, 6) is -0.706. The minimum Gasteiger partial charge on any atom is -0.489 e. The quantitative estimate of drug-likeness (QED) is 0.366. The van der Waals surface area contributed by atoms with Crippen molar-refractivity contribution >= 4 is 11.9 Å². The van der Waals surface area contributed by atoms with Crippen molar-refractivity contribution in [2.75, 3.05) is 20.6 Å². The number of aliphatic carboxylic acids is 2. The van der Waals surface area contributed by atoms with E-state index in [9.17, 15) is 9.59 Å². The van der Waals surface area contributed by atoms with Crippen LogP contribution in [0.25, 0.3) is 11.1 Å². The summed E-state index contributed by atoms with van der Waals surface area (Å²) in [6.07, 6.45) is 6.10. The van der Waals surface area contributed by atoms with Gasteiger partial charge < -0.3 is 19.8 Å². The molecule has 4 rings (SSSR count). The molecule has 6 heteroatoms. The lowest BCUT2D eigenvalue weighted by Gasteiger charge is -2.26. The van der Waals surface area contributed by atoms with E-state index in [0.717, 1.165) is 11.7 Å². The second-order valence-corrected chi connectivity index (χ2v) is 9.49. The zero-order valence-corrected chi connectivity index (χ0v) is 21.5. The molecule has 3 aromatic carbocycles. The zero-order chi connectivity index (χ0) is 26.6. The largest absolute Gasteiger partial charge is 0.489 e. The van der Waals surface area contributed by atoms with E-state index < -0.39 is 11.9 Å². The monoisotopic (exact) mass is 501 g/mol. The number of hydrogen-bond acceptors (Lipinski definition) is 4. The lowest BCUT2D eigenvalue weighted by Crippen LogP contribution is -2.21. The maximum atomic E-state index is 9.55. The van der Waals surface area contributed by atoms with Crippen molar-refractivity contribution < 1.29 is 24.5 Å². The highest BCUT2D eigenvalue weighted by Crippen LogP contribution is 2.30. The molecule has 3 aromatic rings. The summed E-state index contributed by atoms with van der Waals surface area (Å²) in [7, 11) is 4.32. The number of ether oxygens (including phenoxy) is 1. The molecule has 0 saturated carbocycles. The Kier molecular flexibility index (Phi) is 10.5. The van der Waals surface area contributed by atoms with Crippen LogP contribution in [0.5, 0.6) is 5.75 Å². The van der Waals surface area contributed by atoms with E-state index in [0.29, 0.717) is 18.8 Å². The minimum atomic E-state index is -1.26. The van der Waals surface area contributed by atoms with E-state index in [1.165, 1.54) is 60.0 Å². The van der Waals surface area contributed by atoms with Crippen LogP contribution in [0.1, 0.15) is 29.5 Å². The highest BCUT2D eigenvalue weighted by Gasteiger charge is 2.19. The van der Waals surface area contributed by atoms with Gasteiger partial charge in [0.2, 0.25) is 0 Å². The standard InChI is InChI=1S/C27H31NO.C4H4O4/c1-28(2)17-16-21-8-13-26-19-27(15-14-25(26)18-21)29-20-22-9-11-24(12-10-22)23-6-4-3-5-7-23;5-3(6)1-2-4(7)8/h3-7,9-12,14-15,19,21H,8,13,16-18,20H2,1-2H3;1-2H,(H,5,6)(H,7,8)/b;2-1+. The first kappa shape index (κ1) is 27.7. The summed E-state index contributed by atoms with van der Waals surface area (Å²) >= 11 is 0. The summed E-state index contributed by atoms with van der Waals surface area (Å²) < 4.78 is 6.10. The number of aryl methyl sites for hydroxylation is 1.